The van der Waals surface area contributed by atoms with E-state index in [4.69, 9.17) is 10.5 Å². The summed E-state index contributed by atoms with van der Waals surface area (Å²) in [4.78, 5) is 2.97. The van der Waals surface area contributed by atoms with Crippen LogP contribution in [-0.4, -0.2) is 16.3 Å². The number of aromatic hydroxyl groups is 1. The van der Waals surface area contributed by atoms with Crippen LogP contribution < -0.4 is 0 Å². The quantitative estimate of drug-likeness (QED) is 0.548. The van der Waals surface area contributed by atoms with Crippen molar-refractivity contribution >= 4 is 17.1 Å². The topological polar surface area (TPSA) is 59.9 Å². The van der Waals surface area contributed by atoms with Crippen LogP contribution in [0.2, 0.25) is 0 Å². The molecule has 0 bridgehead atoms. The van der Waals surface area contributed by atoms with Crippen LogP contribution in [0.5, 0.6) is 5.75 Å². The van der Waals surface area contributed by atoms with Crippen molar-refractivity contribution in [2.24, 2.45) is 0 Å². The Morgan fingerprint density at radius 2 is 2.25 bits per heavy atom. The summed E-state index contributed by atoms with van der Waals surface area (Å²) >= 11 is 0. The SMILES string of the molecule is N=Cc1c[nH]c2cc(O)ccc12. The molecule has 1 aromatic heterocycles. The van der Waals surface area contributed by atoms with E-state index in [-0.39, 0.29) is 5.75 Å². The first kappa shape index (κ1) is 6.91. The van der Waals surface area contributed by atoms with Crippen molar-refractivity contribution in [3.8, 4) is 5.75 Å². The number of phenolic OH excluding ortho intramolecular Hbond substituents is 1. The number of nitrogens with one attached hydrogen (secondary N) is 2. The van der Waals surface area contributed by atoms with Gasteiger partial charge in [0.2, 0.25) is 0 Å². The number of aromatic nitrogens is 1. The van der Waals surface area contributed by atoms with Gasteiger partial charge < -0.3 is 15.5 Å². The van der Waals surface area contributed by atoms with Crippen molar-refractivity contribution in [2.75, 3.05) is 0 Å². The molecule has 0 spiro atoms. The molecule has 0 atom stereocenters. The van der Waals surface area contributed by atoms with Gasteiger partial charge >= 0.3 is 0 Å². The number of benzene rings is 1. The van der Waals surface area contributed by atoms with Gasteiger partial charge in [0.1, 0.15) is 5.75 Å². The molecule has 1 aromatic carbocycles. The number of hydrogen-bond donors (Lipinski definition) is 3. The van der Waals surface area contributed by atoms with E-state index >= 15 is 0 Å². The molecule has 12 heavy (non-hydrogen) atoms. The molecule has 2 rings (SSSR count). The highest BCUT2D eigenvalue weighted by Gasteiger charge is 2.00. The highest BCUT2D eigenvalue weighted by Crippen LogP contribution is 2.20. The van der Waals surface area contributed by atoms with E-state index in [1.807, 2.05) is 0 Å². The normalized spacial score (nSPS) is 10.3. The van der Waals surface area contributed by atoms with E-state index in [9.17, 15) is 0 Å². The predicted octanol–water partition coefficient (Wildman–Crippen LogP) is 1.87. The molecule has 0 unspecified atom stereocenters. The lowest BCUT2D eigenvalue weighted by molar-refractivity contribution is 0.476. The molecular formula is C9H8N2O. The minimum atomic E-state index is 0.237. The van der Waals surface area contributed by atoms with Crippen molar-refractivity contribution in [1.82, 2.24) is 4.98 Å². The van der Waals surface area contributed by atoms with Crippen LogP contribution in [-0.2, 0) is 0 Å². The lowest BCUT2D eigenvalue weighted by Crippen LogP contribution is -1.73. The van der Waals surface area contributed by atoms with Crippen molar-refractivity contribution in [3.63, 3.8) is 0 Å². The predicted molar refractivity (Wildman–Crippen MR) is 47.8 cm³/mol. The lowest BCUT2D eigenvalue weighted by atomic mass is 10.2. The summed E-state index contributed by atoms with van der Waals surface area (Å²) in [7, 11) is 0. The molecule has 0 amide bonds. The van der Waals surface area contributed by atoms with Crippen LogP contribution in [0.4, 0.5) is 0 Å². The minimum Gasteiger partial charge on any atom is -0.508 e. The smallest absolute Gasteiger partial charge is 0.117 e. The molecule has 0 aliphatic carbocycles. The minimum absolute atomic E-state index is 0.237. The van der Waals surface area contributed by atoms with E-state index < -0.39 is 0 Å². The highest BCUT2D eigenvalue weighted by molar-refractivity contribution is 5.98. The molecule has 0 fully saturated rings. The van der Waals surface area contributed by atoms with Crippen LogP contribution in [0.3, 0.4) is 0 Å². The first-order valence-electron chi connectivity index (χ1n) is 3.62. The zero-order valence-corrected chi connectivity index (χ0v) is 6.33. The number of phenols is 1. The third-order valence-corrected chi connectivity index (χ3v) is 1.85. The van der Waals surface area contributed by atoms with Crippen LogP contribution in [0.25, 0.3) is 10.9 Å². The molecular weight excluding hydrogens is 152 g/mol. The first-order chi connectivity index (χ1) is 5.81. The maximum Gasteiger partial charge on any atom is 0.117 e. The maximum absolute atomic E-state index is 9.14. The fraction of sp³-hybridized carbons (Fsp3) is 0. The number of fused-ring (bicyclic) bond motifs is 1. The molecule has 0 aliphatic rings. The maximum atomic E-state index is 9.14. The first-order valence-corrected chi connectivity index (χ1v) is 3.62. The Kier molecular flexibility index (Phi) is 1.37. The Balaban J connectivity index is 2.81. The fourth-order valence-corrected chi connectivity index (χ4v) is 1.26. The summed E-state index contributed by atoms with van der Waals surface area (Å²) < 4.78 is 0. The molecule has 0 saturated heterocycles. The molecule has 3 N–H and O–H groups in total. The van der Waals surface area contributed by atoms with Gasteiger partial charge in [0.15, 0.2) is 0 Å². The lowest BCUT2D eigenvalue weighted by Gasteiger charge is -1.92. The summed E-state index contributed by atoms with van der Waals surface area (Å²) in [6.07, 6.45) is 3.03. The van der Waals surface area contributed by atoms with Crippen LogP contribution in [0.15, 0.2) is 24.4 Å². The van der Waals surface area contributed by atoms with Crippen LogP contribution in [0.1, 0.15) is 5.56 Å². The molecule has 2 aromatic rings. The van der Waals surface area contributed by atoms with Crippen molar-refractivity contribution in [3.05, 3.63) is 30.0 Å². The standard InChI is InChI=1S/C9H8N2O/c10-4-6-5-11-9-3-7(12)1-2-8(6)9/h1-5,10-12H. The second-order valence-electron chi connectivity index (χ2n) is 2.62. The fourth-order valence-electron chi connectivity index (χ4n) is 1.26. The Hall–Kier alpha value is -1.77. The monoisotopic (exact) mass is 160 g/mol. The zero-order valence-electron chi connectivity index (χ0n) is 6.33. The zero-order chi connectivity index (χ0) is 8.55. The summed E-state index contributed by atoms with van der Waals surface area (Å²) in [5.41, 5.74) is 1.69. The third kappa shape index (κ3) is 0.871. The Morgan fingerprint density at radius 3 is 3.00 bits per heavy atom. The van der Waals surface area contributed by atoms with Gasteiger partial charge in [-0.3, -0.25) is 0 Å². The number of H-pyrrole nitrogens is 1. The van der Waals surface area contributed by atoms with Crippen molar-refractivity contribution in [1.29, 1.82) is 5.41 Å². The van der Waals surface area contributed by atoms with Gasteiger partial charge in [-0.25, -0.2) is 0 Å². The van der Waals surface area contributed by atoms with Crippen LogP contribution >= 0.6 is 0 Å². The van der Waals surface area contributed by atoms with E-state index in [2.05, 4.69) is 4.98 Å². The van der Waals surface area contributed by atoms with Gasteiger partial charge in [0.05, 0.1) is 0 Å². The molecule has 3 heteroatoms. The Labute approximate surface area is 69.2 Å². The number of hydrogen-bond acceptors (Lipinski definition) is 2. The second kappa shape index (κ2) is 2.37. The van der Waals surface area contributed by atoms with E-state index in [0.717, 1.165) is 16.5 Å². The second-order valence-corrected chi connectivity index (χ2v) is 2.62. The molecule has 3 nitrogen and oxygen atoms in total. The molecule has 1 heterocycles. The van der Waals surface area contributed by atoms with Gasteiger partial charge in [-0.15, -0.1) is 0 Å². The third-order valence-electron chi connectivity index (χ3n) is 1.85. The molecule has 60 valence electrons. The van der Waals surface area contributed by atoms with Gasteiger partial charge in [0.25, 0.3) is 0 Å². The van der Waals surface area contributed by atoms with Gasteiger partial charge in [0, 0.05) is 34.9 Å². The van der Waals surface area contributed by atoms with Crippen molar-refractivity contribution < 1.29 is 5.11 Å². The molecule has 0 aliphatic heterocycles. The average molecular weight is 160 g/mol. The van der Waals surface area contributed by atoms with Gasteiger partial charge in [-0.1, -0.05) is 0 Å². The van der Waals surface area contributed by atoms with E-state index in [1.54, 1.807) is 24.4 Å². The molecule has 0 saturated carbocycles. The summed E-state index contributed by atoms with van der Waals surface area (Å²) in [5, 5.41) is 17.2. The van der Waals surface area contributed by atoms with Crippen molar-refractivity contribution in [2.45, 2.75) is 0 Å². The highest BCUT2D eigenvalue weighted by atomic mass is 16.3. The summed E-state index contributed by atoms with van der Waals surface area (Å²) in [6.45, 7) is 0. The summed E-state index contributed by atoms with van der Waals surface area (Å²) in [5.74, 6) is 0.237. The van der Waals surface area contributed by atoms with Crippen LogP contribution in [0, 0.1) is 5.41 Å². The average Bonchev–Trinajstić information content (AvgIpc) is 2.46. The van der Waals surface area contributed by atoms with E-state index in [0.29, 0.717) is 0 Å². The largest absolute Gasteiger partial charge is 0.508 e. The van der Waals surface area contributed by atoms with Gasteiger partial charge in [-0.2, -0.15) is 0 Å². The Morgan fingerprint density at radius 1 is 1.42 bits per heavy atom. The molecule has 0 radical (unpaired) electrons. The summed E-state index contributed by atoms with van der Waals surface area (Å²) in [6, 6.07) is 5.05. The van der Waals surface area contributed by atoms with Gasteiger partial charge in [-0.05, 0) is 12.1 Å². The number of rotatable bonds is 1. The Bertz CT molecular complexity index is 431. The van der Waals surface area contributed by atoms with E-state index in [1.165, 1.54) is 6.21 Å². The number of aromatic amines is 1.